The Bertz CT molecular complexity index is 11.4. The molecule has 0 nitrogen and oxygen atoms in total. The van der Waals surface area contributed by atoms with E-state index in [1.54, 1.807) is 0 Å². The molecule has 0 saturated heterocycles. The zero-order valence-corrected chi connectivity index (χ0v) is 6.24. The largest absolute Gasteiger partial charge is 0.0654 e. The summed E-state index contributed by atoms with van der Waals surface area (Å²) in [6.07, 6.45) is 4.08. The van der Waals surface area contributed by atoms with Crippen LogP contribution in [0.5, 0.6) is 0 Å². The molecule has 0 aliphatic heterocycles. The van der Waals surface area contributed by atoms with E-state index >= 15 is 0 Å². The number of unbranched alkanes of at least 4 members (excludes halogenated alkanes) is 2. The van der Waals surface area contributed by atoms with Gasteiger partial charge in [-0.15, -0.1) is 0 Å². The van der Waals surface area contributed by atoms with Gasteiger partial charge in [0.1, 0.15) is 0 Å². The highest BCUT2D eigenvalue weighted by molar-refractivity contribution is 5.75. The van der Waals surface area contributed by atoms with Gasteiger partial charge in [0.05, 0.1) is 0 Å². The molecule has 0 heterocycles. The average molecular weight is 96.5 g/mol. The molecule has 34 valence electrons. The predicted molar refractivity (Wildman–Crippen MR) is 31.0 cm³/mol. The van der Waals surface area contributed by atoms with Crippen molar-refractivity contribution in [1.29, 1.82) is 0 Å². The number of hydrogen-bond donors (Lipinski definition) is 0. The summed E-state index contributed by atoms with van der Waals surface area (Å²) in [6.45, 7) is 4.42. The van der Waals surface area contributed by atoms with Crippen molar-refractivity contribution in [2.75, 3.05) is 0 Å². The van der Waals surface area contributed by atoms with Gasteiger partial charge in [-0.2, -0.15) is 0 Å². The van der Waals surface area contributed by atoms with Crippen LogP contribution in [0, 0.1) is 0 Å². The summed E-state index contributed by atoms with van der Waals surface area (Å²) in [5, 5.41) is 0. The van der Waals surface area contributed by atoms with Gasteiger partial charge in [0.25, 0.3) is 0 Å². The maximum atomic E-state index is 2.21. The molecular formula is C5H12Mg. The van der Waals surface area contributed by atoms with Crippen LogP contribution in [0.25, 0.3) is 0 Å². The molecule has 2 radical (unpaired) electrons. The Balaban J connectivity index is 0. The lowest BCUT2D eigenvalue weighted by Gasteiger charge is -1.79. The van der Waals surface area contributed by atoms with Crippen molar-refractivity contribution in [3.05, 3.63) is 0 Å². The summed E-state index contributed by atoms with van der Waals surface area (Å²) >= 11 is 0. The summed E-state index contributed by atoms with van der Waals surface area (Å²) in [5.74, 6) is 0. The lowest BCUT2D eigenvalue weighted by atomic mass is 10.3. The molecule has 0 saturated carbocycles. The minimum absolute atomic E-state index is 0. The van der Waals surface area contributed by atoms with Gasteiger partial charge in [-0.3, -0.25) is 0 Å². The topological polar surface area (TPSA) is 0 Å². The molecule has 0 aliphatic carbocycles. The molecule has 0 bridgehead atoms. The Morgan fingerprint density at radius 2 is 1.33 bits per heavy atom. The zero-order chi connectivity index (χ0) is 4.12. The van der Waals surface area contributed by atoms with Crippen LogP contribution in [0.3, 0.4) is 0 Å². The van der Waals surface area contributed by atoms with Crippen LogP contribution in [-0.2, 0) is 0 Å². The first-order chi connectivity index (χ1) is 2.41. The molecule has 0 spiro atoms. The van der Waals surface area contributed by atoms with Crippen LogP contribution >= 0.6 is 0 Å². The normalized spacial score (nSPS) is 7.00. The molecule has 0 rings (SSSR count). The zero-order valence-electron chi connectivity index (χ0n) is 4.83. The van der Waals surface area contributed by atoms with Crippen molar-refractivity contribution >= 4 is 23.1 Å². The van der Waals surface area contributed by atoms with Gasteiger partial charge in [0.15, 0.2) is 0 Å². The summed E-state index contributed by atoms with van der Waals surface area (Å²) in [7, 11) is 0. The second-order valence-electron chi connectivity index (χ2n) is 1.35. The number of hydrogen-bond acceptors (Lipinski definition) is 0. The van der Waals surface area contributed by atoms with E-state index in [-0.39, 0.29) is 23.1 Å². The molecule has 0 atom stereocenters. The Kier molecular flexibility index (Phi) is 15.2. The maximum Gasteiger partial charge on any atom is 0 e. The predicted octanol–water partition coefficient (Wildman–Crippen LogP) is 1.82. The van der Waals surface area contributed by atoms with Gasteiger partial charge in [0, 0.05) is 23.1 Å². The first-order valence-corrected chi connectivity index (χ1v) is 2.41. The van der Waals surface area contributed by atoms with Gasteiger partial charge in [0.2, 0.25) is 0 Å². The molecule has 1 heteroatoms. The van der Waals surface area contributed by atoms with Gasteiger partial charge < -0.3 is 0 Å². The fourth-order valence-electron chi connectivity index (χ4n) is 0.354. The lowest BCUT2D eigenvalue weighted by Crippen LogP contribution is -1.59. The molecule has 0 aromatic rings. The van der Waals surface area contributed by atoms with Crippen LogP contribution in [0.15, 0.2) is 0 Å². The van der Waals surface area contributed by atoms with Gasteiger partial charge >= 0.3 is 0 Å². The van der Waals surface area contributed by atoms with E-state index < -0.39 is 0 Å². The van der Waals surface area contributed by atoms with Crippen molar-refractivity contribution in [2.45, 2.75) is 33.1 Å². The van der Waals surface area contributed by atoms with Crippen LogP contribution < -0.4 is 0 Å². The minimum atomic E-state index is 0. The van der Waals surface area contributed by atoms with Crippen LogP contribution in [0.4, 0.5) is 0 Å². The smallest absolute Gasteiger partial charge is 0 e. The van der Waals surface area contributed by atoms with E-state index in [2.05, 4.69) is 13.8 Å². The third-order valence-electron chi connectivity index (χ3n) is 0.707. The van der Waals surface area contributed by atoms with E-state index in [0.717, 1.165) is 0 Å². The first-order valence-electron chi connectivity index (χ1n) is 2.41. The standard InChI is InChI=1S/C5H12.Mg/c1-3-5-4-2;/h3-5H2,1-2H3;. The molecule has 0 N–H and O–H groups in total. The molecule has 0 aromatic carbocycles. The Morgan fingerprint density at radius 3 is 1.33 bits per heavy atom. The molecule has 0 fully saturated rings. The third-order valence-corrected chi connectivity index (χ3v) is 0.707. The molecule has 0 aliphatic rings. The Morgan fingerprint density at radius 1 is 1.00 bits per heavy atom. The summed E-state index contributed by atoms with van der Waals surface area (Å²) < 4.78 is 0. The fourth-order valence-corrected chi connectivity index (χ4v) is 0.354. The van der Waals surface area contributed by atoms with Crippen LogP contribution in [0.2, 0.25) is 0 Å². The maximum absolute atomic E-state index is 2.21. The monoisotopic (exact) mass is 96.1 g/mol. The highest BCUT2D eigenvalue weighted by Gasteiger charge is 1.68. The second kappa shape index (κ2) is 9.23. The Hall–Kier alpha value is 0.766. The SMILES string of the molecule is CCCCC.[Mg]. The van der Waals surface area contributed by atoms with E-state index in [1.165, 1.54) is 19.3 Å². The van der Waals surface area contributed by atoms with Crippen LogP contribution in [0.1, 0.15) is 33.1 Å². The van der Waals surface area contributed by atoms with Gasteiger partial charge in [-0.05, 0) is 0 Å². The second-order valence-corrected chi connectivity index (χ2v) is 1.35. The van der Waals surface area contributed by atoms with Gasteiger partial charge in [-0.1, -0.05) is 33.1 Å². The summed E-state index contributed by atoms with van der Waals surface area (Å²) in [4.78, 5) is 0. The summed E-state index contributed by atoms with van der Waals surface area (Å²) in [6, 6.07) is 0. The van der Waals surface area contributed by atoms with Crippen LogP contribution in [-0.4, -0.2) is 23.1 Å². The molecule has 0 aromatic heterocycles. The minimum Gasteiger partial charge on any atom is -0.0654 e. The first kappa shape index (κ1) is 9.90. The highest BCUT2D eigenvalue weighted by atomic mass is 24.3. The highest BCUT2D eigenvalue weighted by Crippen LogP contribution is 1.88. The van der Waals surface area contributed by atoms with E-state index in [1.807, 2.05) is 0 Å². The van der Waals surface area contributed by atoms with Crippen molar-refractivity contribution in [2.24, 2.45) is 0 Å². The molecule has 6 heavy (non-hydrogen) atoms. The van der Waals surface area contributed by atoms with Crippen molar-refractivity contribution in [3.63, 3.8) is 0 Å². The van der Waals surface area contributed by atoms with Gasteiger partial charge in [-0.25, -0.2) is 0 Å². The van der Waals surface area contributed by atoms with Crippen molar-refractivity contribution in [3.8, 4) is 0 Å². The van der Waals surface area contributed by atoms with E-state index in [4.69, 9.17) is 0 Å². The molecular weight excluding hydrogens is 84.4 g/mol. The molecule has 0 amide bonds. The summed E-state index contributed by atoms with van der Waals surface area (Å²) in [5.41, 5.74) is 0. The third kappa shape index (κ3) is 8.84. The Labute approximate surface area is 56.5 Å². The average Bonchev–Trinajstić information content (AvgIpc) is 1.41. The van der Waals surface area contributed by atoms with E-state index in [0.29, 0.717) is 0 Å². The lowest BCUT2D eigenvalue weighted by molar-refractivity contribution is 0.772. The van der Waals surface area contributed by atoms with Crippen molar-refractivity contribution in [1.82, 2.24) is 0 Å². The molecule has 0 unspecified atom stereocenters. The van der Waals surface area contributed by atoms with E-state index in [9.17, 15) is 0 Å². The quantitative estimate of drug-likeness (QED) is 0.460. The fraction of sp³-hybridized carbons (Fsp3) is 1.00. The van der Waals surface area contributed by atoms with Crippen molar-refractivity contribution < 1.29 is 0 Å². The number of rotatable bonds is 2.